The highest BCUT2D eigenvalue weighted by atomic mass is 35.5. The van der Waals surface area contributed by atoms with E-state index < -0.39 is 0 Å². The average molecular weight is 413 g/mol. The molecule has 1 saturated heterocycles. The number of hydrogen-bond donors (Lipinski definition) is 1. The number of likely N-dealkylation sites (tertiary alicyclic amines) is 1. The molecule has 1 heterocycles. The molecule has 1 aliphatic heterocycles. The zero-order valence-electron chi connectivity index (χ0n) is 16.7. The van der Waals surface area contributed by atoms with Crippen molar-refractivity contribution in [3.63, 3.8) is 0 Å². The van der Waals surface area contributed by atoms with Crippen LogP contribution in [0.25, 0.3) is 6.08 Å². The number of carbonyl (C=O) groups is 2. The van der Waals surface area contributed by atoms with Crippen molar-refractivity contribution in [3.05, 3.63) is 70.4 Å². The highest BCUT2D eigenvalue weighted by molar-refractivity contribution is 6.30. The van der Waals surface area contributed by atoms with Crippen LogP contribution in [0.4, 0.5) is 0 Å². The zero-order valence-corrected chi connectivity index (χ0v) is 17.4. The van der Waals surface area contributed by atoms with Gasteiger partial charge in [0.1, 0.15) is 11.4 Å². The first-order valence-corrected chi connectivity index (χ1v) is 10.1. The first-order chi connectivity index (χ1) is 14.0. The smallest absolute Gasteiger partial charge is 0.270 e. The molecule has 0 aliphatic carbocycles. The van der Waals surface area contributed by atoms with E-state index in [2.05, 4.69) is 5.32 Å². The van der Waals surface area contributed by atoms with Crippen molar-refractivity contribution in [1.29, 1.82) is 0 Å². The molecule has 2 amide bonds. The summed E-state index contributed by atoms with van der Waals surface area (Å²) < 4.78 is 5.19. The van der Waals surface area contributed by atoms with E-state index in [-0.39, 0.29) is 23.6 Å². The van der Waals surface area contributed by atoms with Crippen molar-refractivity contribution >= 4 is 29.5 Å². The Hall–Kier alpha value is -2.79. The molecule has 0 radical (unpaired) electrons. The van der Waals surface area contributed by atoms with Gasteiger partial charge in [0.2, 0.25) is 0 Å². The van der Waals surface area contributed by atoms with E-state index in [1.165, 1.54) is 0 Å². The van der Waals surface area contributed by atoms with Gasteiger partial charge in [-0.25, -0.2) is 0 Å². The van der Waals surface area contributed by atoms with E-state index in [1.54, 1.807) is 37.5 Å². The number of ether oxygens (including phenoxy) is 1. The normalized spacial score (nSPS) is 17.0. The van der Waals surface area contributed by atoms with Crippen LogP contribution in [0.15, 0.2) is 54.2 Å². The lowest BCUT2D eigenvalue weighted by Crippen LogP contribution is -2.45. The molecule has 6 heteroatoms. The summed E-state index contributed by atoms with van der Waals surface area (Å²) in [4.78, 5) is 27.8. The van der Waals surface area contributed by atoms with Gasteiger partial charge in [0.15, 0.2) is 0 Å². The topological polar surface area (TPSA) is 58.6 Å². The molecule has 29 heavy (non-hydrogen) atoms. The number of benzene rings is 2. The third kappa shape index (κ3) is 5.39. The van der Waals surface area contributed by atoms with E-state index in [1.807, 2.05) is 36.1 Å². The maximum absolute atomic E-state index is 13.3. The van der Waals surface area contributed by atoms with Crippen molar-refractivity contribution in [2.24, 2.45) is 0 Å². The molecule has 0 aromatic heterocycles. The molecule has 1 fully saturated rings. The molecule has 0 spiro atoms. The fourth-order valence-corrected chi connectivity index (χ4v) is 3.49. The Morgan fingerprint density at radius 3 is 2.41 bits per heavy atom. The van der Waals surface area contributed by atoms with Gasteiger partial charge >= 0.3 is 0 Å². The monoisotopic (exact) mass is 412 g/mol. The maximum atomic E-state index is 13.3. The molecule has 0 unspecified atom stereocenters. The summed E-state index contributed by atoms with van der Waals surface area (Å²) in [7, 11) is 1.60. The molecule has 2 aromatic carbocycles. The first kappa shape index (κ1) is 20.9. The fraction of sp³-hybridized carbons (Fsp3) is 0.304. The first-order valence-electron chi connectivity index (χ1n) is 9.71. The largest absolute Gasteiger partial charge is 0.497 e. The van der Waals surface area contributed by atoms with Crippen molar-refractivity contribution in [1.82, 2.24) is 10.2 Å². The van der Waals surface area contributed by atoms with Gasteiger partial charge in [-0.2, -0.15) is 0 Å². The summed E-state index contributed by atoms with van der Waals surface area (Å²) in [5.41, 5.74) is 1.49. The molecule has 0 saturated carbocycles. The van der Waals surface area contributed by atoms with E-state index in [0.29, 0.717) is 17.1 Å². The summed E-state index contributed by atoms with van der Waals surface area (Å²) in [6, 6.07) is 14.0. The zero-order chi connectivity index (χ0) is 20.8. The van der Waals surface area contributed by atoms with Crippen molar-refractivity contribution in [3.8, 4) is 5.75 Å². The third-order valence-electron chi connectivity index (χ3n) is 5.08. The molecule has 152 valence electrons. The van der Waals surface area contributed by atoms with Crippen LogP contribution in [-0.2, 0) is 4.79 Å². The van der Waals surface area contributed by atoms with Gasteiger partial charge in [0.25, 0.3) is 11.8 Å². The second-order valence-corrected chi connectivity index (χ2v) is 7.57. The van der Waals surface area contributed by atoms with E-state index in [4.69, 9.17) is 16.3 Å². The average Bonchev–Trinajstić information content (AvgIpc) is 2.74. The summed E-state index contributed by atoms with van der Waals surface area (Å²) in [6.45, 7) is 2.74. The molecule has 3 rings (SSSR count). The Kier molecular flexibility index (Phi) is 6.94. The Labute approximate surface area is 176 Å². The maximum Gasteiger partial charge on any atom is 0.270 e. The number of nitrogens with one attached hydrogen (secondary N) is 1. The highest BCUT2D eigenvalue weighted by Crippen LogP contribution is 2.20. The van der Waals surface area contributed by atoms with Crippen LogP contribution < -0.4 is 10.1 Å². The SMILES string of the molecule is COc1ccc(C=C(NC(=O)c2ccc(Cl)cc2)C(=O)N2CCCC[C@H]2C)cc1. The van der Waals surface area contributed by atoms with Crippen LogP contribution >= 0.6 is 11.6 Å². The minimum Gasteiger partial charge on any atom is -0.497 e. The predicted molar refractivity (Wildman–Crippen MR) is 115 cm³/mol. The van der Waals surface area contributed by atoms with Crippen LogP contribution in [0.3, 0.4) is 0 Å². The molecular weight excluding hydrogens is 388 g/mol. The molecule has 1 aliphatic rings. The molecule has 5 nitrogen and oxygen atoms in total. The highest BCUT2D eigenvalue weighted by Gasteiger charge is 2.27. The summed E-state index contributed by atoms with van der Waals surface area (Å²) in [6.07, 6.45) is 4.75. The molecular formula is C23H25ClN2O3. The lowest BCUT2D eigenvalue weighted by molar-refractivity contribution is -0.130. The number of methoxy groups -OCH3 is 1. The summed E-state index contributed by atoms with van der Waals surface area (Å²) in [5, 5.41) is 3.35. The van der Waals surface area contributed by atoms with E-state index >= 15 is 0 Å². The van der Waals surface area contributed by atoms with Gasteiger partial charge < -0.3 is 15.0 Å². The van der Waals surface area contributed by atoms with Gasteiger partial charge in [-0.15, -0.1) is 0 Å². The third-order valence-corrected chi connectivity index (χ3v) is 5.33. The Bertz CT molecular complexity index is 891. The Morgan fingerprint density at radius 1 is 1.10 bits per heavy atom. The van der Waals surface area contributed by atoms with Gasteiger partial charge in [-0.1, -0.05) is 23.7 Å². The Balaban J connectivity index is 1.89. The van der Waals surface area contributed by atoms with Crippen LogP contribution in [0, 0.1) is 0 Å². The van der Waals surface area contributed by atoms with Gasteiger partial charge in [0.05, 0.1) is 7.11 Å². The molecule has 1 N–H and O–H groups in total. The number of piperidine rings is 1. The predicted octanol–water partition coefficient (Wildman–Crippen LogP) is 4.52. The van der Waals surface area contributed by atoms with Crippen molar-refractivity contribution < 1.29 is 14.3 Å². The molecule has 2 aromatic rings. The van der Waals surface area contributed by atoms with Gasteiger partial charge in [-0.3, -0.25) is 9.59 Å². The number of amides is 2. The lowest BCUT2D eigenvalue weighted by Gasteiger charge is -2.34. The summed E-state index contributed by atoms with van der Waals surface area (Å²) >= 11 is 5.91. The number of carbonyl (C=O) groups excluding carboxylic acids is 2. The van der Waals surface area contributed by atoms with E-state index in [9.17, 15) is 9.59 Å². The van der Waals surface area contributed by atoms with Crippen molar-refractivity contribution in [2.75, 3.05) is 13.7 Å². The molecule has 0 bridgehead atoms. The minimum atomic E-state index is -0.348. The van der Waals surface area contributed by atoms with Crippen LogP contribution in [0.1, 0.15) is 42.1 Å². The van der Waals surface area contributed by atoms with Gasteiger partial charge in [0, 0.05) is 23.2 Å². The molecule has 1 atom stereocenters. The Morgan fingerprint density at radius 2 is 1.79 bits per heavy atom. The standard InChI is InChI=1S/C23H25ClN2O3/c1-16-5-3-4-14-26(16)23(28)21(15-17-6-12-20(29-2)13-7-17)25-22(27)18-8-10-19(24)11-9-18/h6-13,15-16H,3-5,14H2,1-2H3,(H,25,27)/t16-/m1/s1. The lowest BCUT2D eigenvalue weighted by atomic mass is 10.0. The van der Waals surface area contributed by atoms with Crippen LogP contribution in [0.5, 0.6) is 5.75 Å². The second kappa shape index (κ2) is 9.61. The minimum absolute atomic E-state index is 0.142. The van der Waals surface area contributed by atoms with E-state index in [0.717, 1.165) is 30.6 Å². The van der Waals surface area contributed by atoms with Crippen LogP contribution in [0.2, 0.25) is 5.02 Å². The second-order valence-electron chi connectivity index (χ2n) is 7.14. The van der Waals surface area contributed by atoms with Crippen LogP contribution in [-0.4, -0.2) is 36.4 Å². The number of halogens is 1. The van der Waals surface area contributed by atoms with Gasteiger partial charge in [-0.05, 0) is 74.2 Å². The quantitative estimate of drug-likeness (QED) is 0.734. The number of rotatable bonds is 5. The summed E-state index contributed by atoms with van der Waals surface area (Å²) in [5.74, 6) is 0.208. The number of nitrogens with zero attached hydrogens (tertiary/aromatic N) is 1. The fourth-order valence-electron chi connectivity index (χ4n) is 3.37. The number of hydrogen-bond acceptors (Lipinski definition) is 3. The van der Waals surface area contributed by atoms with Crippen molar-refractivity contribution in [2.45, 2.75) is 32.2 Å².